The molecule has 1 aliphatic heterocycles. The number of nitrogens with zero attached hydrogens (tertiary/aromatic N) is 6. The number of alkyl halides is 2. The maximum atomic E-state index is 13.9. The molecule has 3 amide bonds. The summed E-state index contributed by atoms with van der Waals surface area (Å²) in [6.45, 7) is 6.82. The third-order valence-electron chi connectivity index (χ3n) is 7.15. The molecule has 10 nitrogen and oxygen atoms in total. The van der Waals surface area contributed by atoms with Crippen LogP contribution in [0.15, 0.2) is 30.7 Å². The van der Waals surface area contributed by atoms with E-state index in [1.165, 1.54) is 0 Å². The summed E-state index contributed by atoms with van der Waals surface area (Å²) in [5.41, 5.74) is 2.36. The normalized spacial score (nSPS) is 21.0. The number of halogens is 2. The Labute approximate surface area is 213 Å². The summed E-state index contributed by atoms with van der Waals surface area (Å²) in [5.74, 6) is -3.21. The first kappa shape index (κ1) is 25.1. The quantitative estimate of drug-likeness (QED) is 0.500. The molecule has 1 saturated heterocycles. The molecule has 2 aliphatic rings. The molecular formula is C25H32F2N8O2. The average Bonchev–Trinajstić information content (AvgIpc) is 3.56. The number of nitrogens with one attached hydrogen (secondary N) is 2. The van der Waals surface area contributed by atoms with E-state index in [0.29, 0.717) is 30.1 Å². The highest BCUT2D eigenvalue weighted by molar-refractivity contribution is 5.92. The second-order valence-corrected chi connectivity index (χ2v) is 10.5. The fourth-order valence-corrected chi connectivity index (χ4v) is 5.24. The lowest BCUT2D eigenvalue weighted by atomic mass is 9.81. The van der Waals surface area contributed by atoms with Gasteiger partial charge in [-0.25, -0.2) is 23.1 Å². The molecule has 0 aromatic carbocycles. The van der Waals surface area contributed by atoms with Crippen molar-refractivity contribution in [1.82, 2.24) is 39.9 Å². The average molecular weight is 515 g/mol. The summed E-state index contributed by atoms with van der Waals surface area (Å²) in [6, 6.07) is 2.90. The Hall–Kier alpha value is -3.57. The summed E-state index contributed by atoms with van der Waals surface area (Å²) in [6.07, 6.45) is 5.10. The predicted molar refractivity (Wildman–Crippen MR) is 131 cm³/mol. The largest absolute Gasteiger partial charge is 0.342 e. The number of rotatable bonds is 7. The lowest BCUT2D eigenvalue weighted by Crippen LogP contribution is -2.38. The Bertz CT molecular complexity index is 1290. The molecule has 0 bridgehead atoms. The first-order chi connectivity index (χ1) is 17.6. The fraction of sp³-hybridized carbons (Fsp3) is 0.560. The van der Waals surface area contributed by atoms with Crippen LogP contribution in [0.2, 0.25) is 0 Å². The Morgan fingerprint density at radius 3 is 2.70 bits per heavy atom. The molecule has 0 spiro atoms. The topological polar surface area (TPSA) is 109 Å². The van der Waals surface area contributed by atoms with E-state index in [0.717, 1.165) is 5.56 Å². The van der Waals surface area contributed by atoms with Crippen molar-refractivity contribution < 1.29 is 18.4 Å². The minimum atomic E-state index is -2.68. The van der Waals surface area contributed by atoms with E-state index in [4.69, 9.17) is 4.98 Å². The van der Waals surface area contributed by atoms with Crippen LogP contribution in [0.25, 0.3) is 5.65 Å². The molecule has 1 aliphatic carbocycles. The van der Waals surface area contributed by atoms with Crippen molar-refractivity contribution in [3.63, 3.8) is 0 Å². The van der Waals surface area contributed by atoms with Gasteiger partial charge in [0, 0.05) is 44.2 Å². The molecule has 2 atom stereocenters. The van der Waals surface area contributed by atoms with Crippen LogP contribution in [0.1, 0.15) is 80.3 Å². The van der Waals surface area contributed by atoms with Gasteiger partial charge in [0.2, 0.25) is 5.92 Å². The van der Waals surface area contributed by atoms with Crippen molar-refractivity contribution in [3.8, 4) is 0 Å². The molecule has 3 aromatic rings. The minimum Gasteiger partial charge on any atom is -0.342 e. The molecule has 37 heavy (non-hydrogen) atoms. The van der Waals surface area contributed by atoms with Crippen molar-refractivity contribution in [2.75, 3.05) is 6.54 Å². The van der Waals surface area contributed by atoms with Crippen LogP contribution in [-0.4, -0.2) is 59.7 Å². The lowest BCUT2D eigenvalue weighted by Gasteiger charge is -2.33. The van der Waals surface area contributed by atoms with Gasteiger partial charge in [0.1, 0.15) is 5.69 Å². The number of carbonyl (C=O) groups excluding carboxylic acids is 2. The number of fused-ring (bicyclic) bond motifs is 1. The summed E-state index contributed by atoms with van der Waals surface area (Å²) in [5, 5.41) is 14.6. The molecule has 0 unspecified atom stereocenters. The number of hydrogen-bond acceptors (Lipinski definition) is 5. The van der Waals surface area contributed by atoms with Gasteiger partial charge in [0.15, 0.2) is 5.65 Å². The Morgan fingerprint density at radius 2 is 2.03 bits per heavy atom. The molecule has 12 heteroatoms. The molecule has 5 rings (SSSR count). The Balaban J connectivity index is 1.42. The molecule has 198 valence electrons. The first-order valence-corrected chi connectivity index (χ1v) is 12.7. The lowest BCUT2D eigenvalue weighted by molar-refractivity contribution is -0.0495. The van der Waals surface area contributed by atoms with Crippen LogP contribution in [0.3, 0.4) is 0 Å². The van der Waals surface area contributed by atoms with Gasteiger partial charge in [-0.3, -0.25) is 9.48 Å². The highest BCUT2D eigenvalue weighted by Crippen LogP contribution is 2.41. The summed E-state index contributed by atoms with van der Waals surface area (Å²) >= 11 is 0. The summed E-state index contributed by atoms with van der Waals surface area (Å²) < 4.78 is 31.1. The van der Waals surface area contributed by atoms with Crippen LogP contribution < -0.4 is 10.6 Å². The van der Waals surface area contributed by atoms with E-state index in [2.05, 4.69) is 20.8 Å². The number of hydrogen-bond donors (Lipinski definition) is 2. The zero-order chi connectivity index (χ0) is 26.3. The third kappa shape index (κ3) is 5.28. The van der Waals surface area contributed by atoms with Crippen molar-refractivity contribution in [3.05, 3.63) is 47.7 Å². The van der Waals surface area contributed by atoms with Gasteiger partial charge >= 0.3 is 6.03 Å². The number of carbonyl (C=O) groups is 2. The number of amides is 3. The third-order valence-corrected chi connectivity index (χ3v) is 7.15. The maximum Gasteiger partial charge on any atom is 0.318 e. The second kappa shape index (κ2) is 9.71. The Morgan fingerprint density at radius 1 is 1.27 bits per heavy atom. The van der Waals surface area contributed by atoms with E-state index >= 15 is 0 Å². The van der Waals surface area contributed by atoms with Crippen LogP contribution in [0.4, 0.5) is 13.6 Å². The van der Waals surface area contributed by atoms with Crippen LogP contribution >= 0.6 is 0 Å². The van der Waals surface area contributed by atoms with Crippen molar-refractivity contribution in [2.24, 2.45) is 5.92 Å². The summed E-state index contributed by atoms with van der Waals surface area (Å²) in [4.78, 5) is 31.9. The van der Waals surface area contributed by atoms with Gasteiger partial charge in [-0.05, 0) is 57.2 Å². The predicted octanol–water partition coefficient (Wildman–Crippen LogP) is 3.72. The molecule has 4 heterocycles. The monoisotopic (exact) mass is 514 g/mol. The highest BCUT2D eigenvalue weighted by atomic mass is 19.3. The van der Waals surface area contributed by atoms with Crippen LogP contribution in [-0.2, 0) is 6.54 Å². The SMILES string of the molecule is CC(C)n1nccc1C(=O)N[C@H](c1cn2ncc(CN3C[C@H](C)NC3=O)cc2n1)C1CCC(F)(F)CC1. The molecule has 2 N–H and O–H groups in total. The van der Waals surface area contributed by atoms with Gasteiger partial charge in [-0.2, -0.15) is 10.2 Å². The van der Waals surface area contributed by atoms with Gasteiger partial charge in [0.05, 0.1) is 24.1 Å². The van der Waals surface area contributed by atoms with E-state index < -0.39 is 12.0 Å². The van der Waals surface area contributed by atoms with Crippen LogP contribution in [0, 0.1) is 5.92 Å². The molecular weight excluding hydrogens is 482 g/mol. The van der Waals surface area contributed by atoms with E-state index in [1.807, 2.05) is 26.8 Å². The highest BCUT2D eigenvalue weighted by Gasteiger charge is 2.39. The standard InChI is InChI=1S/C25H32F2N8O2/c1-15(2)35-20(6-9-28-35)23(36)32-22(18-4-7-25(26,27)8-5-18)19-14-34-21(31-19)10-17(11-29-34)13-33-12-16(3)30-24(33)37/h6,9-11,14-16,18,22H,4-5,7-8,12-13H2,1-3H3,(H,30,37)(H,32,36)/t16-,22-/m0/s1. The van der Waals surface area contributed by atoms with E-state index in [-0.39, 0.29) is 55.6 Å². The number of aromatic nitrogens is 5. The van der Waals surface area contributed by atoms with Gasteiger partial charge in [-0.1, -0.05) is 0 Å². The van der Waals surface area contributed by atoms with Crippen molar-refractivity contribution in [1.29, 1.82) is 0 Å². The first-order valence-electron chi connectivity index (χ1n) is 12.7. The second-order valence-electron chi connectivity index (χ2n) is 10.5. The zero-order valence-electron chi connectivity index (χ0n) is 21.2. The molecule has 3 aromatic heterocycles. The van der Waals surface area contributed by atoms with Gasteiger partial charge < -0.3 is 15.5 Å². The molecule has 2 fully saturated rings. The van der Waals surface area contributed by atoms with E-state index in [1.54, 1.807) is 38.8 Å². The van der Waals surface area contributed by atoms with Crippen molar-refractivity contribution >= 4 is 17.6 Å². The van der Waals surface area contributed by atoms with E-state index in [9.17, 15) is 18.4 Å². The summed E-state index contributed by atoms with van der Waals surface area (Å²) in [7, 11) is 0. The Kier molecular flexibility index (Phi) is 6.59. The number of urea groups is 1. The van der Waals surface area contributed by atoms with Crippen LogP contribution in [0.5, 0.6) is 0 Å². The fourth-order valence-electron chi connectivity index (χ4n) is 5.24. The smallest absolute Gasteiger partial charge is 0.318 e. The number of imidazole rings is 1. The maximum absolute atomic E-state index is 13.9. The van der Waals surface area contributed by atoms with Gasteiger partial charge in [-0.15, -0.1) is 0 Å². The molecule has 0 radical (unpaired) electrons. The molecule has 1 saturated carbocycles. The van der Waals surface area contributed by atoms with Crippen molar-refractivity contribution in [2.45, 2.75) is 77.0 Å². The zero-order valence-corrected chi connectivity index (χ0v) is 21.2. The minimum absolute atomic E-state index is 0.0129. The van der Waals surface area contributed by atoms with Gasteiger partial charge in [0.25, 0.3) is 5.91 Å².